The van der Waals surface area contributed by atoms with Crippen LogP contribution in [0.15, 0.2) is 61.2 Å². The van der Waals surface area contributed by atoms with Crippen LogP contribution in [0.25, 0.3) is 0 Å². The number of carbonyl (C=O) groups is 2. The molecule has 0 aliphatic carbocycles. The van der Waals surface area contributed by atoms with E-state index in [1.54, 1.807) is 24.3 Å². The molecule has 0 spiro atoms. The first-order valence-electron chi connectivity index (χ1n) is 8.88. The average Bonchev–Trinajstić information content (AvgIpc) is 2.66. The first kappa shape index (κ1) is 20.0. The van der Waals surface area contributed by atoms with Crippen molar-refractivity contribution in [2.24, 2.45) is 0 Å². The molecule has 0 radical (unpaired) electrons. The van der Waals surface area contributed by atoms with E-state index in [9.17, 15) is 9.59 Å². The summed E-state index contributed by atoms with van der Waals surface area (Å²) in [6.45, 7) is 6.02. The normalized spacial score (nSPS) is 9.96. The quantitative estimate of drug-likeness (QED) is 0.554. The molecule has 0 heterocycles. The maximum absolute atomic E-state index is 12.2. The van der Waals surface area contributed by atoms with Crippen LogP contribution in [0.1, 0.15) is 19.8 Å². The number of carbonyl (C=O) groups excluding carboxylic acids is 2. The number of nitrogens with one attached hydrogen (secondary N) is 3. The Morgan fingerprint density at radius 1 is 1.04 bits per heavy atom. The third kappa shape index (κ3) is 6.86. The van der Waals surface area contributed by atoms with Crippen LogP contribution < -0.4 is 20.7 Å². The van der Waals surface area contributed by atoms with Gasteiger partial charge in [0.15, 0.2) is 0 Å². The van der Waals surface area contributed by atoms with E-state index in [2.05, 4.69) is 22.5 Å². The fourth-order valence-corrected chi connectivity index (χ4v) is 2.38. The van der Waals surface area contributed by atoms with Gasteiger partial charge in [-0.15, -0.1) is 0 Å². The summed E-state index contributed by atoms with van der Waals surface area (Å²) in [7, 11) is 0. The van der Waals surface area contributed by atoms with Crippen molar-refractivity contribution in [3.63, 3.8) is 0 Å². The molecule has 0 saturated carbocycles. The molecule has 2 amide bonds. The van der Waals surface area contributed by atoms with Gasteiger partial charge in [0.25, 0.3) is 0 Å². The zero-order valence-electron chi connectivity index (χ0n) is 15.5. The van der Waals surface area contributed by atoms with Crippen molar-refractivity contribution in [3.05, 3.63) is 61.2 Å². The molecule has 27 heavy (non-hydrogen) atoms. The summed E-state index contributed by atoms with van der Waals surface area (Å²) in [6, 6.07) is 14.5. The molecule has 0 saturated heterocycles. The van der Waals surface area contributed by atoms with E-state index in [0.29, 0.717) is 30.2 Å². The molecule has 0 atom stereocenters. The van der Waals surface area contributed by atoms with Gasteiger partial charge >= 0.3 is 0 Å². The molecule has 0 aliphatic heterocycles. The average molecular weight is 367 g/mol. The maximum Gasteiger partial charge on any atom is 0.243 e. The lowest BCUT2D eigenvalue weighted by molar-refractivity contribution is -0.116. The predicted molar refractivity (Wildman–Crippen MR) is 109 cm³/mol. The summed E-state index contributed by atoms with van der Waals surface area (Å²) < 4.78 is 5.53. The van der Waals surface area contributed by atoms with Crippen molar-refractivity contribution >= 4 is 28.9 Å². The van der Waals surface area contributed by atoms with Gasteiger partial charge in [-0.2, -0.15) is 0 Å². The molecular formula is C21H25N3O3. The van der Waals surface area contributed by atoms with E-state index in [-0.39, 0.29) is 18.4 Å². The summed E-state index contributed by atoms with van der Waals surface area (Å²) in [5.74, 6) is 0.361. The lowest BCUT2D eigenvalue weighted by Gasteiger charge is -2.12. The second-order valence-electron chi connectivity index (χ2n) is 5.88. The van der Waals surface area contributed by atoms with E-state index in [1.807, 2.05) is 37.3 Å². The lowest BCUT2D eigenvalue weighted by Crippen LogP contribution is -2.22. The molecule has 0 unspecified atom stereocenters. The Morgan fingerprint density at radius 3 is 2.59 bits per heavy atom. The molecule has 0 fully saturated rings. The Morgan fingerprint density at radius 2 is 1.81 bits per heavy atom. The summed E-state index contributed by atoms with van der Waals surface area (Å²) >= 11 is 0. The van der Waals surface area contributed by atoms with Crippen LogP contribution in [0, 0.1) is 0 Å². The Hall–Kier alpha value is -3.28. The van der Waals surface area contributed by atoms with E-state index < -0.39 is 0 Å². The number of amides is 2. The first-order chi connectivity index (χ1) is 13.1. The van der Waals surface area contributed by atoms with Crippen molar-refractivity contribution in [2.45, 2.75) is 19.8 Å². The van der Waals surface area contributed by atoms with Gasteiger partial charge in [0.2, 0.25) is 11.8 Å². The van der Waals surface area contributed by atoms with Gasteiger partial charge in [0.1, 0.15) is 12.4 Å². The molecule has 2 aromatic rings. The van der Waals surface area contributed by atoms with Crippen molar-refractivity contribution in [3.8, 4) is 5.75 Å². The van der Waals surface area contributed by atoms with E-state index in [0.717, 1.165) is 12.1 Å². The standard InChI is InChI=1S/C21H25N3O3/c1-3-8-20(25)23-17-10-7-9-16(14-17)22-15-21(26)24-18-11-5-6-12-19(18)27-13-4-2/h4-7,9-12,14,22H,2-3,8,13,15H2,1H3,(H,23,25)(H,24,26). The van der Waals surface area contributed by atoms with Crippen molar-refractivity contribution < 1.29 is 14.3 Å². The van der Waals surface area contributed by atoms with Gasteiger partial charge in [-0.1, -0.05) is 37.8 Å². The Bertz CT molecular complexity index is 790. The molecule has 0 aromatic heterocycles. The van der Waals surface area contributed by atoms with E-state index in [1.165, 1.54) is 0 Å². The SMILES string of the molecule is C=CCOc1ccccc1NC(=O)CNc1cccc(NC(=O)CCC)c1. The molecule has 3 N–H and O–H groups in total. The molecule has 6 nitrogen and oxygen atoms in total. The minimum atomic E-state index is -0.204. The minimum Gasteiger partial charge on any atom is -0.487 e. The molecule has 142 valence electrons. The Kier molecular flexibility index (Phi) is 7.91. The van der Waals surface area contributed by atoms with Gasteiger partial charge in [-0.05, 0) is 36.8 Å². The van der Waals surface area contributed by atoms with Gasteiger partial charge in [-0.3, -0.25) is 9.59 Å². The fraction of sp³-hybridized carbons (Fsp3) is 0.238. The summed E-state index contributed by atoms with van der Waals surface area (Å²) in [4.78, 5) is 23.9. The second kappa shape index (κ2) is 10.7. The molecule has 2 aromatic carbocycles. The highest BCUT2D eigenvalue weighted by molar-refractivity contribution is 5.95. The molecular weight excluding hydrogens is 342 g/mol. The van der Waals surface area contributed by atoms with Crippen LogP contribution in [-0.4, -0.2) is 25.0 Å². The van der Waals surface area contributed by atoms with Crippen molar-refractivity contribution in [1.29, 1.82) is 0 Å². The largest absolute Gasteiger partial charge is 0.487 e. The fourth-order valence-electron chi connectivity index (χ4n) is 2.38. The highest BCUT2D eigenvalue weighted by atomic mass is 16.5. The zero-order valence-corrected chi connectivity index (χ0v) is 15.5. The van der Waals surface area contributed by atoms with Crippen LogP contribution >= 0.6 is 0 Å². The Balaban J connectivity index is 1.90. The topological polar surface area (TPSA) is 79.5 Å². The summed E-state index contributed by atoms with van der Waals surface area (Å²) in [6.07, 6.45) is 2.92. The molecule has 0 aliphatic rings. The van der Waals surface area contributed by atoms with Crippen molar-refractivity contribution in [2.75, 3.05) is 29.1 Å². The minimum absolute atomic E-state index is 0.0245. The van der Waals surface area contributed by atoms with Crippen LogP contribution in [0.2, 0.25) is 0 Å². The zero-order chi connectivity index (χ0) is 19.5. The number of hydrogen-bond acceptors (Lipinski definition) is 4. The predicted octanol–water partition coefficient (Wildman–Crippen LogP) is 4.04. The Labute approximate surface area is 159 Å². The van der Waals surface area contributed by atoms with Crippen LogP contribution in [0.3, 0.4) is 0 Å². The van der Waals surface area contributed by atoms with Crippen LogP contribution in [0.5, 0.6) is 5.75 Å². The molecule has 6 heteroatoms. The lowest BCUT2D eigenvalue weighted by atomic mass is 10.2. The number of rotatable bonds is 10. The third-order valence-electron chi connectivity index (χ3n) is 3.59. The van der Waals surface area contributed by atoms with Gasteiger partial charge in [0, 0.05) is 17.8 Å². The maximum atomic E-state index is 12.2. The smallest absolute Gasteiger partial charge is 0.243 e. The number of anilines is 3. The number of hydrogen-bond donors (Lipinski definition) is 3. The van der Waals surface area contributed by atoms with E-state index >= 15 is 0 Å². The second-order valence-corrected chi connectivity index (χ2v) is 5.88. The molecule has 0 bridgehead atoms. The monoisotopic (exact) mass is 367 g/mol. The van der Waals surface area contributed by atoms with Gasteiger partial charge in [-0.25, -0.2) is 0 Å². The summed E-state index contributed by atoms with van der Waals surface area (Å²) in [5.41, 5.74) is 2.05. The third-order valence-corrected chi connectivity index (χ3v) is 3.59. The van der Waals surface area contributed by atoms with Crippen molar-refractivity contribution in [1.82, 2.24) is 0 Å². The number of benzene rings is 2. The summed E-state index contributed by atoms with van der Waals surface area (Å²) in [5, 5.41) is 8.71. The van der Waals surface area contributed by atoms with Gasteiger partial charge in [0.05, 0.1) is 12.2 Å². The molecule has 2 rings (SSSR count). The number of para-hydroxylation sites is 2. The number of ether oxygens (including phenoxy) is 1. The van der Waals surface area contributed by atoms with Crippen LogP contribution in [-0.2, 0) is 9.59 Å². The first-order valence-corrected chi connectivity index (χ1v) is 8.88. The van der Waals surface area contributed by atoms with Crippen LogP contribution in [0.4, 0.5) is 17.1 Å². The van der Waals surface area contributed by atoms with Gasteiger partial charge < -0.3 is 20.7 Å². The highest BCUT2D eigenvalue weighted by Gasteiger charge is 2.08. The van der Waals surface area contributed by atoms with E-state index in [4.69, 9.17) is 4.74 Å². The highest BCUT2D eigenvalue weighted by Crippen LogP contribution is 2.23.